The van der Waals surface area contributed by atoms with Crippen LogP contribution >= 0.6 is 11.6 Å². The first-order chi connectivity index (χ1) is 9.33. The highest BCUT2D eigenvalue weighted by Gasteiger charge is 2.20. The summed E-state index contributed by atoms with van der Waals surface area (Å²) in [5, 5.41) is 17.2. The number of carbonyl (C=O) groups is 1. The van der Waals surface area contributed by atoms with E-state index in [9.17, 15) is 13.2 Å². The van der Waals surface area contributed by atoms with E-state index in [0.717, 1.165) is 11.0 Å². The van der Waals surface area contributed by atoms with Crippen molar-refractivity contribution in [1.82, 2.24) is 9.79 Å². The number of amides is 1. The summed E-state index contributed by atoms with van der Waals surface area (Å²) >= 11 is 5.74. The molecule has 1 rings (SSSR count). The van der Waals surface area contributed by atoms with Crippen LogP contribution in [0.15, 0.2) is 23.1 Å². The average molecular weight is 323 g/mol. The van der Waals surface area contributed by atoms with Crippen LogP contribution in [0.2, 0.25) is 5.02 Å². The number of sulfonamides is 1. The first-order valence-corrected chi connectivity index (χ1v) is 7.51. The van der Waals surface area contributed by atoms with Crippen LogP contribution in [0.25, 0.3) is 0 Å². The van der Waals surface area contributed by atoms with Gasteiger partial charge in [0.05, 0.1) is 5.02 Å². The molecule has 0 spiro atoms. The van der Waals surface area contributed by atoms with Gasteiger partial charge in [0.25, 0.3) is 15.9 Å². The maximum absolute atomic E-state index is 12.1. The summed E-state index contributed by atoms with van der Waals surface area (Å²) in [6, 6.07) is 3.73. The number of aliphatic hydroxyl groups excluding tert-OH is 1. The van der Waals surface area contributed by atoms with Gasteiger partial charge in [0, 0.05) is 25.8 Å². The third kappa shape index (κ3) is 3.90. The highest BCUT2D eigenvalue weighted by molar-refractivity contribution is 7.89. The molecule has 20 heavy (non-hydrogen) atoms. The zero-order chi connectivity index (χ0) is 15.3. The number of hydrogen-bond donors (Lipinski definition) is 3. The van der Waals surface area contributed by atoms with E-state index >= 15 is 0 Å². The predicted molar refractivity (Wildman–Crippen MR) is 72.2 cm³/mol. The van der Waals surface area contributed by atoms with Gasteiger partial charge in [-0.25, -0.2) is 8.42 Å². The molecule has 0 radical (unpaired) electrons. The number of aliphatic hydroxyl groups is 1. The smallest absolute Gasteiger partial charge is 0.263 e. The molecular weight excluding hydrogens is 308 g/mol. The van der Waals surface area contributed by atoms with Gasteiger partial charge in [-0.1, -0.05) is 16.5 Å². The Kier molecular flexibility index (Phi) is 5.90. The summed E-state index contributed by atoms with van der Waals surface area (Å²) in [4.78, 5) is 14.2. The Morgan fingerprint density at radius 1 is 1.45 bits per heavy atom. The predicted octanol–water partition coefficient (Wildman–Crippen LogP) is 0.462. The number of carbonyl (C=O) groups excluding carboxylic acids is 1. The second kappa shape index (κ2) is 7.00. The Balaban J connectivity index is 3.10. The third-order valence-electron chi connectivity index (χ3n) is 2.59. The lowest BCUT2D eigenvalue weighted by Gasteiger charge is -2.17. The number of nitrogens with one attached hydrogen (secondary N) is 1. The van der Waals surface area contributed by atoms with Crippen molar-refractivity contribution < 1.29 is 23.5 Å². The number of nitrogens with zero attached hydrogens (tertiary/aromatic N) is 1. The lowest BCUT2D eigenvalue weighted by atomic mass is 10.2. The molecule has 0 saturated carbocycles. The van der Waals surface area contributed by atoms with E-state index in [1.54, 1.807) is 0 Å². The Morgan fingerprint density at radius 3 is 2.65 bits per heavy atom. The topological polar surface area (TPSA) is 107 Å². The average Bonchev–Trinajstić information content (AvgIpc) is 2.44. The molecule has 0 aromatic heterocycles. The second-order valence-corrected chi connectivity index (χ2v) is 6.08. The maximum atomic E-state index is 12.1. The molecule has 1 aromatic carbocycles. The van der Waals surface area contributed by atoms with Gasteiger partial charge in [0.1, 0.15) is 4.90 Å². The van der Waals surface area contributed by atoms with Crippen molar-refractivity contribution in [2.75, 3.05) is 20.2 Å². The first-order valence-electron chi connectivity index (χ1n) is 5.65. The van der Waals surface area contributed by atoms with Gasteiger partial charge in [-0.2, -0.15) is 0 Å². The number of benzene rings is 1. The molecule has 0 fully saturated rings. The number of hydrogen-bond acceptors (Lipinski definition) is 5. The van der Waals surface area contributed by atoms with E-state index < -0.39 is 15.9 Å². The van der Waals surface area contributed by atoms with E-state index in [1.807, 2.05) is 0 Å². The Morgan fingerprint density at radius 2 is 2.10 bits per heavy atom. The Labute approximate surface area is 121 Å². The van der Waals surface area contributed by atoms with Gasteiger partial charge < -0.3 is 15.2 Å². The lowest BCUT2D eigenvalue weighted by Crippen LogP contribution is -2.28. The molecule has 1 aromatic rings. The van der Waals surface area contributed by atoms with Crippen molar-refractivity contribution in [3.8, 4) is 0 Å². The summed E-state index contributed by atoms with van der Waals surface area (Å²) < 4.78 is 23.1. The molecule has 0 bridgehead atoms. The van der Waals surface area contributed by atoms with Crippen LogP contribution in [0.5, 0.6) is 0 Å². The summed E-state index contributed by atoms with van der Waals surface area (Å²) in [6.07, 6.45) is 0.416. The molecule has 112 valence electrons. The Bertz CT molecular complexity index is 590. The van der Waals surface area contributed by atoms with Crippen LogP contribution in [0.3, 0.4) is 0 Å². The maximum Gasteiger partial charge on any atom is 0.263 e. The molecule has 0 aliphatic carbocycles. The van der Waals surface area contributed by atoms with Crippen molar-refractivity contribution >= 4 is 27.5 Å². The summed E-state index contributed by atoms with van der Waals surface area (Å²) in [5.41, 5.74) is 0.115. The number of rotatable bonds is 6. The molecule has 0 heterocycles. The fraction of sp³-hybridized carbons (Fsp3) is 0.364. The fourth-order valence-electron chi connectivity index (χ4n) is 1.52. The van der Waals surface area contributed by atoms with Gasteiger partial charge in [0.15, 0.2) is 0 Å². The van der Waals surface area contributed by atoms with Gasteiger partial charge >= 0.3 is 0 Å². The van der Waals surface area contributed by atoms with E-state index in [-0.39, 0.29) is 22.1 Å². The summed E-state index contributed by atoms with van der Waals surface area (Å²) in [6.45, 7) is 0.282. The van der Waals surface area contributed by atoms with Crippen molar-refractivity contribution in [2.45, 2.75) is 11.3 Å². The largest absolute Gasteiger partial charge is 0.396 e. The molecule has 7 nitrogen and oxygen atoms in total. The lowest BCUT2D eigenvalue weighted by molar-refractivity contribution is 0.0786. The van der Waals surface area contributed by atoms with Crippen LogP contribution in [-0.4, -0.2) is 49.7 Å². The minimum atomic E-state index is -4.16. The van der Waals surface area contributed by atoms with E-state index in [4.69, 9.17) is 21.9 Å². The molecule has 1 amide bonds. The van der Waals surface area contributed by atoms with Crippen LogP contribution in [0.4, 0.5) is 0 Å². The van der Waals surface area contributed by atoms with Crippen LogP contribution in [0, 0.1) is 0 Å². The van der Waals surface area contributed by atoms with Crippen molar-refractivity contribution in [1.29, 1.82) is 0 Å². The quantitative estimate of drug-likeness (QED) is 0.660. The van der Waals surface area contributed by atoms with E-state index in [1.165, 1.54) is 24.1 Å². The molecule has 0 aliphatic heterocycles. The highest BCUT2D eigenvalue weighted by atomic mass is 35.5. The molecule has 0 saturated heterocycles. The molecule has 0 atom stereocenters. The van der Waals surface area contributed by atoms with Crippen molar-refractivity contribution in [2.24, 2.45) is 0 Å². The fourth-order valence-corrected chi connectivity index (χ4v) is 2.65. The zero-order valence-corrected chi connectivity index (χ0v) is 12.3. The molecule has 0 unspecified atom stereocenters. The third-order valence-corrected chi connectivity index (χ3v) is 4.18. The summed E-state index contributed by atoms with van der Waals surface area (Å²) in [5.74, 6) is -0.412. The van der Waals surface area contributed by atoms with Crippen LogP contribution in [0.1, 0.15) is 16.8 Å². The molecule has 0 aliphatic rings. The van der Waals surface area contributed by atoms with Gasteiger partial charge in [-0.15, -0.1) is 0 Å². The van der Waals surface area contributed by atoms with E-state index in [2.05, 4.69) is 0 Å². The Hall–Kier alpha value is -1.19. The second-order valence-electron chi connectivity index (χ2n) is 4.04. The standard InChI is InChI=1S/C11H15ClN2O5S/c1-14(5-2-6-15)11(16)8-3-4-9(12)10(7-8)20(18,19)13-17/h3-4,7,13,15,17H,2,5-6H2,1H3. The van der Waals surface area contributed by atoms with Gasteiger partial charge in [0.2, 0.25) is 0 Å². The molecule has 3 N–H and O–H groups in total. The van der Waals surface area contributed by atoms with Crippen molar-refractivity contribution in [3.63, 3.8) is 0 Å². The van der Waals surface area contributed by atoms with Crippen molar-refractivity contribution in [3.05, 3.63) is 28.8 Å². The van der Waals surface area contributed by atoms with E-state index in [0.29, 0.717) is 13.0 Å². The minimum absolute atomic E-state index is 0.0493. The highest BCUT2D eigenvalue weighted by Crippen LogP contribution is 2.23. The van der Waals surface area contributed by atoms with Gasteiger partial charge in [-0.3, -0.25) is 4.79 Å². The van der Waals surface area contributed by atoms with Gasteiger partial charge in [-0.05, 0) is 24.6 Å². The normalized spacial score (nSPS) is 11.4. The molecular formula is C11H15ClN2O5S. The number of halogens is 1. The monoisotopic (exact) mass is 322 g/mol. The first kappa shape index (κ1) is 16.9. The molecule has 9 heteroatoms. The zero-order valence-electron chi connectivity index (χ0n) is 10.7. The van der Waals surface area contributed by atoms with Crippen LogP contribution in [-0.2, 0) is 10.0 Å². The summed E-state index contributed by atoms with van der Waals surface area (Å²) in [7, 11) is -2.63. The minimum Gasteiger partial charge on any atom is -0.396 e. The SMILES string of the molecule is CN(CCCO)C(=O)c1ccc(Cl)c(S(=O)(=O)NO)c1. The van der Waals surface area contributed by atoms with Crippen LogP contribution < -0.4 is 4.89 Å².